The lowest BCUT2D eigenvalue weighted by molar-refractivity contribution is 1.03. The van der Waals surface area contributed by atoms with Crippen LogP contribution in [0.4, 0.5) is 5.82 Å². The molecule has 0 atom stereocenters. The Labute approximate surface area is 147 Å². The number of nitrogens with two attached hydrogens (primary N) is 1. The average molecular weight is 342 g/mol. The van der Waals surface area contributed by atoms with Crippen molar-refractivity contribution in [2.24, 2.45) is 0 Å². The molecule has 8 heteroatoms. The Morgan fingerprint density at radius 1 is 1.04 bits per heavy atom. The van der Waals surface area contributed by atoms with Gasteiger partial charge >= 0.3 is 0 Å². The zero-order chi connectivity index (χ0) is 17.7. The summed E-state index contributed by atoms with van der Waals surface area (Å²) in [5.74, 6) is 1.67. The summed E-state index contributed by atoms with van der Waals surface area (Å²) in [7, 11) is 0. The summed E-state index contributed by atoms with van der Waals surface area (Å²) < 4.78 is 1.94. The summed E-state index contributed by atoms with van der Waals surface area (Å²) in [4.78, 5) is 25.5. The predicted octanol–water partition coefficient (Wildman–Crippen LogP) is 2.64. The molecule has 8 nitrogen and oxygen atoms in total. The van der Waals surface area contributed by atoms with E-state index in [4.69, 9.17) is 10.7 Å². The molecule has 0 saturated carbocycles. The zero-order valence-corrected chi connectivity index (χ0v) is 13.9. The van der Waals surface area contributed by atoms with E-state index in [1.165, 1.54) is 0 Å². The topological polar surface area (TPSA) is 111 Å². The second kappa shape index (κ2) is 5.35. The Morgan fingerprint density at radius 2 is 1.96 bits per heavy atom. The molecule has 5 heterocycles. The molecule has 5 rings (SSSR count). The highest BCUT2D eigenvalue weighted by Gasteiger charge is 2.16. The number of hydrogen-bond acceptors (Lipinski definition) is 6. The summed E-state index contributed by atoms with van der Waals surface area (Å²) in [6.45, 7) is 1.94. The number of imidazole rings is 1. The van der Waals surface area contributed by atoms with Crippen LogP contribution in [-0.2, 0) is 0 Å². The Morgan fingerprint density at radius 3 is 2.85 bits per heavy atom. The van der Waals surface area contributed by atoms with Crippen LogP contribution in [0.3, 0.4) is 0 Å². The van der Waals surface area contributed by atoms with E-state index in [9.17, 15) is 0 Å². The summed E-state index contributed by atoms with van der Waals surface area (Å²) in [5.41, 5.74) is 9.83. The van der Waals surface area contributed by atoms with E-state index in [-0.39, 0.29) is 0 Å². The van der Waals surface area contributed by atoms with Gasteiger partial charge in [-0.1, -0.05) is 6.07 Å². The van der Waals surface area contributed by atoms with Crippen LogP contribution < -0.4 is 5.73 Å². The molecular formula is C18H14N8. The number of fused-ring (bicyclic) bond motifs is 2. The van der Waals surface area contributed by atoms with Gasteiger partial charge in [0.2, 0.25) is 0 Å². The summed E-state index contributed by atoms with van der Waals surface area (Å²) in [6, 6.07) is 9.59. The number of hydrogen-bond donors (Lipinski definition) is 2. The summed E-state index contributed by atoms with van der Waals surface area (Å²) in [5, 5.41) is 0.866. The van der Waals surface area contributed by atoms with E-state index in [1.54, 1.807) is 12.5 Å². The average Bonchev–Trinajstić information content (AvgIpc) is 3.28. The number of aromatic amines is 1. The van der Waals surface area contributed by atoms with Crippen LogP contribution in [0.15, 0.2) is 49.1 Å². The van der Waals surface area contributed by atoms with Gasteiger partial charge < -0.3 is 10.7 Å². The molecule has 0 fully saturated rings. The molecule has 0 aliphatic carbocycles. The van der Waals surface area contributed by atoms with Crippen molar-refractivity contribution in [2.75, 3.05) is 5.73 Å². The van der Waals surface area contributed by atoms with Crippen molar-refractivity contribution in [2.45, 2.75) is 6.92 Å². The number of rotatable bonds is 2. The van der Waals surface area contributed by atoms with Gasteiger partial charge in [-0.15, -0.1) is 0 Å². The number of nitrogens with one attached hydrogen (secondary N) is 1. The molecule has 126 valence electrons. The molecule has 0 aliphatic rings. The third kappa shape index (κ3) is 2.12. The molecular weight excluding hydrogens is 328 g/mol. The van der Waals surface area contributed by atoms with Crippen molar-refractivity contribution in [3.8, 4) is 17.3 Å². The first-order valence-corrected chi connectivity index (χ1v) is 8.08. The molecule has 5 aromatic heterocycles. The van der Waals surface area contributed by atoms with Gasteiger partial charge in [-0.2, -0.15) is 0 Å². The molecule has 0 spiro atoms. The van der Waals surface area contributed by atoms with Gasteiger partial charge in [0.25, 0.3) is 0 Å². The van der Waals surface area contributed by atoms with Crippen molar-refractivity contribution < 1.29 is 0 Å². The van der Waals surface area contributed by atoms with Crippen LogP contribution >= 0.6 is 0 Å². The van der Waals surface area contributed by atoms with Crippen LogP contribution in [0.1, 0.15) is 5.69 Å². The smallest absolute Gasteiger partial charge is 0.182 e. The number of nitrogen functional groups attached to an aromatic ring is 1. The first-order chi connectivity index (χ1) is 12.7. The Hall–Kier alpha value is -3.81. The van der Waals surface area contributed by atoms with E-state index >= 15 is 0 Å². The maximum Gasteiger partial charge on any atom is 0.182 e. The molecule has 0 aliphatic heterocycles. The van der Waals surface area contributed by atoms with Gasteiger partial charge in [-0.25, -0.2) is 24.9 Å². The Balaban J connectivity index is 1.82. The largest absolute Gasteiger partial charge is 0.383 e. The van der Waals surface area contributed by atoms with E-state index in [0.29, 0.717) is 34.3 Å². The third-order valence-corrected chi connectivity index (χ3v) is 4.25. The number of H-pyrrole nitrogens is 1. The molecule has 5 aromatic rings. The Kier molecular flexibility index (Phi) is 2.99. The van der Waals surface area contributed by atoms with Gasteiger partial charge in [0.1, 0.15) is 11.5 Å². The fourth-order valence-electron chi connectivity index (χ4n) is 3.04. The molecule has 0 bridgehead atoms. The molecule has 3 N–H and O–H groups in total. The van der Waals surface area contributed by atoms with Gasteiger partial charge in [-0.3, -0.25) is 4.57 Å². The SMILES string of the molecule is Cc1cccc(-c2nc(-n3ccc4c(N)nccc43)c3nc[nH]c3n2)n1. The Bertz CT molecular complexity index is 1270. The lowest BCUT2D eigenvalue weighted by Gasteiger charge is -2.08. The van der Waals surface area contributed by atoms with Crippen molar-refractivity contribution in [3.63, 3.8) is 0 Å². The minimum Gasteiger partial charge on any atom is -0.383 e. The highest BCUT2D eigenvalue weighted by Crippen LogP contribution is 2.27. The van der Waals surface area contributed by atoms with Crippen LogP contribution in [0.2, 0.25) is 0 Å². The highest BCUT2D eigenvalue weighted by atomic mass is 15.1. The number of aryl methyl sites for hydroxylation is 1. The summed E-state index contributed by atoms with van der Waals surface area (Å²) in [6.07, 6.45) is 5.20. The van der Waals surface area contributed by atoms with Crippen molar-refractivity contribution in [1.29, 1.82) is 0 Å². The van der Waals surface area contributed by atoms with Crippen molar-refractivity contribution in [1.82, 2.24) is 34.5 Å². The number of pyridine rings is 2. The molecule has 0 amide bonds. The quantitative estimate of drug-likeness (QED) is 0.510. The van der Waals surface area contributed by atoms with Crippen molar-refractivity contribution in [3.05, 3.63) is 54.7 Å². The first-order valence-electron chi connectivity index (χ1n) is 8.08. The van der Waals surface area contributed by atoms with E-state index in [0.717, 1.165) is 16.6 Å². The molecule has 0 radical (unpaired) electrons. The lowest BCUT2D eigenvalue weighted by Crippen LogP contribution is -2.03. The predicted molar refractivity (Wildman–Crippen MR) is 98.7 cm³/mol. The number of nitrogens with zero attached hydrogens (tertiary/aromatic N) is 6. The van der Waals surface area contributed by atoms with Gasteiger partial charge in [0.05, 0.1) is 11.8 Å². The van der Waals surface area contributed by atoms with Gasteiger partial charge in [0.15, 0.2) is 22.8 Å². The second-order valence-corrected chi connectivity index (χ2v) is 5.95. The molecule has 0 aromatic carbocycles. The first kappa shape index (κ1) is 14.5. The lowest BCUT2D eigenvalue weighted by atomic mass is 10.3. The molecule has 26 heavy (non-hydrogen) atoms. The zero-order valence-electron chi connectivity index (χ0n) is 13.9. The fraction of sp³-hybridized carbons (Fsp3) is 0.0556. The highest BCUT2D eigenvalue weighted by molar-refractivity contribution is 5.92. The molecule has 0 unspecified atom stereocenters. The second-order valence-electron chi connectivity index (χ2n) is 5.95. The monoisotopic (exact) mass is 342 g/mol. The van der Waals surface area contributed by atoms with E-state index in [2.05, 4.69) is 24.9 Å². The summed E-state index contributed by atoms with van der Waals surface area (Å²) >= 11 is 0. The maximum absolute atomic E-state index is 5.99. The fourth-order valence-corrected chi connectivity index (χ4v) is 3.04. The number of aromatic nitrogens is 7. The van der Waals surface area contributed by atoms with Crippen molar-refractivity contribution >= 4 is 27.9 Å². The van der Waals surface area contributed by atoms with E-state index < -0.39 is 0 Å². The van der Waals surface area contributed by atoms with E-state index in [1.807, 2.05) is 48.0 Å². The minimum atomic E-state index is 0.481. The number of anilines is 1. The van der Waals surface area contributed by atoms with Crippen LogP contribution in [-0.4, -0.2) is 34.5 Å². The minimum absolute atomic E-state index is 0.481. The molecule has 0 saturated heterocycles. The van der Waals surface area contributed by atoms with Gasteiger partial charge in [0, 0.05) is 23.5 Å². The van der Waals surface area contributed by atoms with Crippen LogP contribution in [0, 0.1) is 6.92 Å². The maximum atomic E-state index is 5.99. The standard InChI is InChI=1S/C18H14N8/c1-10-3-2-4-12(23-10)16-24-17-14(21-9-22-17)18(25-16)26-8-6-11-13(26)5-7-20-15(11)19/h2-9H,1H3,(H2,19,20)(H,21,22,24,25). The third-order valence-electron chi connectivity index (χ3n) is 4.25. The van der Waals surface area contributed by atoms with Crippen LogP contribution in [0.5, 0.6) is 0 Å². The van der Waals surface area contributed by atoms with Gasteiger partial charge in [-0.05, 0) is 31.2 Å². The normalized spacial score (nSPS) is 11.4. The van der Waals surface area contributed by atoms with Crippen LogP contribution in [0.25, 0.3) is 39.4 Å².